The second-order valence-electron chi connectivity index (χ2n) is 6.13. The van der Waals surface area contributed by atoms with Crippen LogP contribution in [0.4, 0.5) is 11.6 Å². The molecule has 0 saturated carbocycles. The Kier molecular flexibility index (Phi) is 4.97. The maximum absolute atomic E-state index is 12.2. The summed E-state index contributed by atoms with van der Waals surface area (Å²) >= 11 is 0. The van der Waals surface area contributed by atoms with Gasteiger partial charge in [-0.2, -0.15) is 0 Å². The number of aromatic nitrogens is 2. The summed E-state index contributed by atoms with van der Waals surface area (Å²) in [5.41, 5.74) is 3.28. The molecule has 0 aliphatic rings. The van der Waals surface area contributed by atoms with E-state index in [1.165, 1.54) is 0 Å². The lowest BCUT2D eigenvalue weighted by Gasteiger charge is -2.08. The minimum Gasteiger partial charge on any atom is -0.459 e. The van der Waals surface area contributed by atoms with Crippen molar-refractivity contribution >= 4 is 28.5 Å². The van der Waals surface area contributed by atoms with Crippen LogP contribution in [0.2, 0.25) is 0 Å². The minimum atomic E-state index is -0.0373. The van der Waals surface area contributed by atoms with E-state index < -0.39 is 0 Å². The molecule has 0 spiro atoms. The first-order chi connectivity index (χ1) is 12.0. The normalized spacial score (nSPS) is 10.8. The van der Waals surface area contributed by atoms with E-state index in [9.17, 15) is 4.79 Å². The Bertz CT molecular complexity index is 881. The molecule has 130 valence electrons. The fraction of sp³-hybridized carbons (Fsp3) is 0.316. The zero-order chi connectivity index (χ0) is 17.8. The van der Waals surface area contributed by atoms with E-state index in [4.69, 9.17) is 4.42 Å². The van der Waals surface area contributed by atoms with E-state index in [1.54, 1.807) is 0 Å². The monoisotopic (exact) mass is 338 g/mol. The van der Waals surface area contributed by atoms with Crippen LogP contribution in [0.1, 0.15) is 30.0 Å². The Morgan fingerprint density at radius 1 is 1.12 bits per heavy atom. The van der Waals surface area contributed by atoms with Gasteiger partial charge in [0, 0.05) is 29.7 Å². The van der Waals surface area contributed by atoms with Crippen molar-refractivity contribution in [2.24, 2.45) is 0 Å². The maximum Gasteiger partial charge on any atom is 0.224 e. The minimum absolute atomic E-state index is 0.0373. The van der Waals surface area contributed by atoms with Crippen LogP contribution in [-0.2, 0) is 4.79 Å². The molecule has 0 saturated heterocycles. The lowest BCUT2D eigenvalue weighted by Crippen LogP contribution is -2.14. The fourth-order valence-electron chi connectivity index (χ4n) is 2.76. The smallest absolute Gasteiger partial charge is 0.224 e. The Balaban J connectivity index is 1.51. The first kappa shape index (κ1) is 17.0. The Morgan fingerprint density at radius 3 is 2.64 bits per heavy atom. The summed E-state index contributed by atoms with van der Waals surface area (Å²) in [6.45, 7) is 6.40. The van der Waals surface area contributed by atoms with E-state index in [2.05, 4.69) is 20.6 Å². The second kappa shape index (κ2) is 7.34. The highest BCUT2D eigenvalue weighted by molar-refractivity contribution is 5.99. The number of carbonyl (C=O) groups excluding carboxylic acids is 1. The van der Waals surface area contributed by atoms with Crippen LogP contribution in [0.15, 0.2) is 34.7 Å². The number of nitrogens with one attached hydrogen (secondary N) is 2. The van der Waals surface area contributed by atoms with Gasteiger partial charge in [-0.25, -0.2) is 9.97 Å². The molecule has 2 N–H and O–H groups in total. The number of furan rings is 1. The Morgan fingerprint density at radius 2 is 1.88 bits per heavy atom. The largest absolute Gasteiger partial charge is 0.459 e. The van der Waals surface area contributed by atoms with Crippen LogP contribution in [0.5, 0.6) is 0 Å². The molecule has 0 unspecified atom stereocenters. The van der Waals surface area contributed by atoms with Crippen molar-refractivity contribution in [3.63, 3.8) is 0 Å². The zero-order valence-corrected chi connectivity index (χ0v) is 14.7. The van der Waals surface area contributed by atoms with Gasteiger partial charge in [0.15, 0.2) is 5.58 Å². The summed E-state index contributed by atoms with van der Waals surface area (Å²) in [5, 5.41) is 7.07. The highest BCUT2D eigenvalue weighted by Crippen LogP contribution is 2.26. The van der Waals surface area contributed by atoms with Crippen molar-refractivity contribution < 1.29 is 9.21 Å². The molecule has 6 nitrogen and oxygen atoms in total. The maximum atomic E-state index is 12.2. The van der Waals surface area contributed by atoms with Crippen molar-refractivity contribution in [2.45, 2.75) is 33.6 Å². The molecule has 25 heavy (non-hydrogen) atoms. The van der Waals surface area contributed by atoms with Crippen molar-refractivity contribution in [2.75, 3.05) is 17.2 Å². The van der Waals surface area contributed by atoms with Gasteiger partial charge in [-0.3, -0.25) is 4.79 Å². The highest BCUT2D eigenvalue weighted by atomic mass is 16.3. The van der Waals surface area contributed by atoms with Crippen molar-refractivity contribution in [1.82, 2.24) is 9.97 Å². The molecule has 3 aromatic rings. The van der Waals surface area contributed by atoms with Crippen molar-refractivity contribution in [3.8, 4) is 0 Å². The molecule has 0 bridgehead atoms. The fourth-order valence-corrected chi connectivity index (χ4v) is 2.76. The third-order valence-electron chi connectivity index (χ3n) is 3.79. The number of hydrogen-bond donors (Lipinski definition) is 2. The molecular weight excluding hydrogens is 316 g/mol. The number of amides is 1. The number of anilines is 2. The molecule has 1 amide bonds. The number of nitrogens with zero attached hydrogens (tertiary/aromatic N) is 2. The molecule has 0 aliphatic heterocycles. The lowest BCUT2D eigenvalue weighted by molar-refractivity contribution is -0.116. The molecule has 1 aromatic carbocycles. The summed E-state index contributed by atoms with van der Waals surface area (Å²) in [4.78, 5) is 20.8. The number of para-hydroxylation sites is 1. The van der Waals surface area contributed by atoms with Crippen LogP contribution in [0, 0.1) is 20.8 Å². The summed E-state index contributed by atoms with van der Waals surface area (Å²) in [7, 11) is 0. The van der Waals surface area contributed by atoms with Crippen LogP contribution >= 0.6 is 0 Å². The van der Waals surface area contributed by atoms with Crippen molar-refractivity contribution in [3.05, 3.63) is 47.5 Å². The van der Waals surface area contributed by atoms with Gasteiger partial charge < -0.3 is 15.1 Å². The van der Waals surface area contributed by atoms with Crippen LogP contribution in [0.3, 0.4) is 0 Å². The topological polar surface area (TPSA) is 80.0 Å². The quantitative estimate of drug-likeness (QED) is 0.665. The van der Waals surface area contributed by atoms with Gasteiger partial charge in [0.05, 0.1) is 5.69 Å². The molecule has 3 rings (SSSR count). The standard InChI is InChI=1S/C19H22N4O2/c1-12-10-13(2)22-19(21-12)20-9-5-8-17(24)23-16-7-4-6-15-11-14(3)25-18(15)16/h4,6-7,10-11H,5,8-9H2,1-3H3,(H,23,24)(H,20,21,22). The predicted octanol–water partition coefficient (Wildman–Crippen LogP) is 3.98. The Hall–Kier alpha value is -2.89. The highest BCUT2D eigenvalue weighted by Gasteiger charge is 2.09. The molecular formula is C19H22N4O2. The number of fused-ring (bicyclic) bond motifs is 1. The van der Waals surface area contributed by atoms with Gasteiger partial charge in [0.1, 0.15) is 5.76 Å². The SMILES string of the molecule is Cc1cc(C)nc(NCCCC(=O)Nc2cccc3cc(C)oc23)n1. The van der Waals surface area contributed by atoms with Crippen LogP contribution in [0.25, 0.3) is 11.0 Å². The summed E-state index contributed by atoms with van der Waals surface area (Å²) in [5.74, 6) is 1.40. The summed E-state index contributed by atoms with van der Waals surface area (Å²) < 4.78 is 5.66. The molecule has 0 fully saturated rings. The first-order valence-electron chi connectivity index (χ1n) is 8.36. The number of hydrogen-bond acceptors (Lipinski definition) is 5. The molecule has 6 heteroatoms. The van der Waals surface area contributed by atoms with Gasteiger partial charge in [0.25, 0.3) is 0 Å². The molecule has 0 radical (unpaired) electrons. The third-order valence-corrected chi connectivity index (χ3v) is 3.79. The summed E-state index contributed by atoms with van der Waals surface area (Å²) in [6, 6.07) is 9.61. The number of rotatable bonds is 6. The number of carbonyl (C=O) groups is 1. The lowest BCUT2D eigenvalue weighted by atomic mass is 10.2. The predicted molar refractivity (Wildman–Crippen MR) is 98.8 cm³/mol. The van der Waals surface area contributed by atoms with Gasteiger partial charge in [-0.15, -0.1) is 0 Å². The van der Waals surface area contributed by atoms with Gasteiger partial charge in [-0.05, 0) is 45.4 Å². The van der Waals surface area contributed by atoms with Crippen LogP contribution < -0.4 is 10.6 Å². The van der Waals surface area contributed by atoms with Crippen molar-refractivity contribution in [1.29, 1.82) is 0 Å². The second-order valence-corrected chi connectivity index (χ2v) is 6.13. The zero-order valence-electron chi connectivity index (χ0n) is 14.7. The van der Waals surface area contributed by atoms with E-state index >= 15 is 0 Å². The molecule has 2 aromatic heterocycles. The number of aryl methyl sites for hydroxylation is 3. The average Bonchev–Trinajstić information content (AvgIpc) is 2.92. The molecule has 0 aliphatic carbocycles. The Labute approximate surface area is 146 Å². The number of benzene rings is 1. The van der Waals surface area contributed by atoms with E-state index in [1.807, 2.05) is 51.1 Å². The third kappa shape index (κ3) is 4.35. The van der Waals surface area contributed by atoms with Gasteiger partial charge in [0.2, 0.25) is 11.9 Å². The van der Waals surface area contributed by atoms with Gasteiger partial charge >= 0.3 is 0 Å². The van der Waals surface area contributed by atoms with Crippen LogP contribution in [-0.4, -0.2) is 22.4 Å². The van der Waals surface area contributed by atoms with E-state index in [0.717, 1.165) is 28.1 Å². The molecule has 2 heterocycles. The van der Waals surface area contributed by atoms with Gasteiger partial charge in [-0.1, -0.05) is 12.1 Å². The van der Waals surface area contributed by atoms with E-state index in [0.29, 0.717) is 31.0 Å². The average molecular weight is 338 g/mol. The molecule has 0 atom stereocenters. The van der Waals surface area contributed by atoms with E-state index in [-0.39, 0.29) is 5.91 Å². The first-order valence-corrected chi connectivity index (χ1v) is 8.36. The summed E-state index contributed by atoms with van der Waals surface area (Å²) in [6.07, 6.45) is 1.10.